The van der Waals surface area contributed by atoms with Gasteiger partial charge in [-0.3, -0.25) is 9.59 Å². The lowest BCUT2D eigenvalue weighted by atomic mass is 10.0. The summed E-state index contributed by atoms with van der Waals surface area (Å²) in [5, 5.41) is 5.32. The van der Waals surface area contributed by atoms with Gasteiger partial charge in [-0.05, 0) is 36.4 Å². The molecule has 2 heterocycles. The number of nitrogens with zero attached hydrogens (tertiary/aromatic N) is 2. The Morgan fingerprint density at radius 1 is 1.09 bits per heavy atom. The monoisotopic (exact) mass is 326 g/mol. The van der Waals surface area contributed by atoms with Crippen LogP contribution in [0.4, 0.5) is 5.69 Å². The van der Waals surface area contributed by atoms with Crippen LogP contribution in [0.25, 0.3) is 11.0 Å². The smallest absolute Gasteiger partial charge is 0.243 e. The minimum Gasteiger partial charge on any atom is -0.356 e. The molecule has 23 heavy (non-hydrogen) atoms. The molecule has 0 spiro atoms. The first kappa shape index (κ1) is 14.0. The number of hydrogen-bond donors (Lipinski definition) is 0. The minimum atomic E-state index is -0.623. The summed E-state index contributed by atoms with van der Waals surface area (Å²) in [5.41, 5.74) is 1.63. The molecule has 114 valence electrons. The summed E-state index contributed by atoms with van der Waals surface area (Å²) >= 11 is 5.86. The van der Waals surface area contributed by atoms with Crippen LogP contribution < -0.4 is 4.90 Å². The highest BCUT2D eigenvalue weighted by molar-refractivity contribution is 6.30. The molecule has 0 N–H and O–H groups in total. The van der Waals surface area contributed by atoms with Gasteiger partial charge in [-0.1, -0.05) is 28.9 Å². The number of benzene rings is 2. The van der Waals surface area contributed by atoms with Crippen molar-refractivity contribution in [3.8, 4) is 0 Å². The molecule has 0 radical (unpaired) electrons. The van der Waals surface area contributed by atoms with Gasteiger partial charge in [0.25, 0.3) is 0 Å². The number of carbonyl (C=O) groups is 2. The van der Waals surface area contributed by atoms with Gasteiger partial charge in [0, 0.05) is 16.8 Å². The first-order chi connectivity index (χ1) is 11.1. The van der Waals surface area contributed by atoms with Crippen molar-refractivity contribution >= 4 is 40.1 Å². The number of halogens is 1. The fourth-order valence-electron chi connectivity index (χ4n) is 2.86. The van der Waals surface area contributed by atoms with Gasteiger partial charge in [0.1, 0.15) is 5.69 Å². The molecule has 3 aromatic rings. The standard InChI is InChI=1S/C17H11ClN2O3/c18-10-5-7-11(8-6-10)20-15(21)9-13(17(20)22)16-12-3-1-2-4-14(12)23-19-16/h1-8,13H,9H2. The largest absolute Gasteiger partial charge is 0.356 e. The number of hydrogen-bond acceptors (Lipinski definition) is 4. The highest BCUT2D eigenvalue weighted by atomic mass is 35.5. The molecule has 1 aliphatic heterocycles. The Labute approximate surface area is 136 Å². The van der Waals surface area contributed by atoms with Crippen LogP contribution in [-0.4, -0.2) is 17.0 Å². The topological polar surface area (TPSA) is 63.4 Å². The van der Waals surface area contributed by atoms with Crippen molar-refractivity contribution in [2.45, 2.75) is 12.3 Å². The molecule has 1 fully saturated rings. The fraction of sp³-hybridized carbons (Fsp3) is 0.118. The predicted octanol–water partition coefficient (Wildman–Crippen LogP) is 3.53. The molecule has 2 amide bonds. The molecule has 1 unspecified atom stereocenters. The van der Waals surface area contributed by atoms with E-state index < -0.39 is 5.92 Å². The second-order valence-corrected chi connectivity index (χ2v) is 5.80. The lowest BCUT2D eigenvalue weighted by Gasteiger charge is -2.14. The van der Waals surface area contributed by atoms with E-state index in [1.807, 2.05) is 18.2 Å². The molecule has 1 saturated heterocycles. The summed E-state index contributed by atoms with van der Waals surface area (Å²) in [7, 11) is 0. The second kappa shape index (κ2) is 5.21. The summed E-state index contributed by atoms with van der Waals surface area (Å²) in [6.07, 6.45) is 0.0813. The van der Waals surface area contributed by atoms with E-state index in [1.165, 1.54) is 4.90 Å². The number of carbonyl (C=O) groups excluding carboxylic acids is 2. The molecular weight excluding hydrogens is 316 g/mol. The van der Waals surface area contributed by atoms with E-state index in [0.29, 0.717) is 22.0 Å². The maximum absolute atomic E-state index is 12.7. The Kier molecular flexibility index (Phi) is 3.16. The third-order valence-electron chi connectivity index (χ3n) is 3.97. The predicted molar refractivity (Wildman–Crippen MR) is 85.3 cm³/mol. The van der Waals surface area contributed by atoms with Crippen molar-refractivity contribution in [2.75, 3.05) is 4.90 Å². The van der Waals surface area contributed by atoms with E-state index in [2.05, 4.69) is 5.16 Å². The van der Waals surface area contributed by atoms with E-state index in [1.54, 1.807) is 30.3 Å². The molecule has 1 aliphatic rings. The van der Waals surface area contributed by atoms with Crippen molar-refractivity contribution in [2.24, 2.45) is 0 Å². The summed E-state index contributed by atoms with van der Waals surface area (Å²) in [6.45, 7) is 0. The van der Waals surface area contributed by atoms with Gasteiger partial charge < -0.3 is 4.52 Å². The van der Waals surface area contributed by atoms with E-state index in [0.717, 1.165) is 5.39 Å². The van der Waals surface area contributed by atoms with Gasteiger partial charge in [-0.2, -0.15) is 0 Å². The van der Waals surface area contributed by atoms with Crippen LogP contribution in [0, 0.1) is 0 Å². The molecular formula is C17H11ClN2O3. The maximum Gasteiger partial charge on any atom is 0.243 e. The molecule has 5 nitrogen and oxygen atoms in total. The average molecular weight is 327 g/mol. The van der Waals surface area contributed by atoms with Crippen LogP contribution in [0.1, 0.15) is 18.0 Å². The number of aromatic nitrogens is 1. The molecule has 1 atom stereocenters. The first-order valence-corrected chi connectivity index (χ1v) is 7.49. The Balaban J connectivity index is 1.74. The molecule has 4 rings (SSSR count). The number of amides is 2. The van der Waals surface area contributed by atoms with Gasteiger partial charge in [-0.15, -0.1) is 0 Å². The lowest BCUT2D eigenvalue weighted by Crippen LogP contribution is -2.30. The zero-order valence-corrected chi connectivity index (χ0v) is 12.7. The Hall–Kier alpha value is -2.66. The second-order valence-electron chi connectivity index (χ2n) is 5.36. The van der Waals surface area contributed by atoms with Crippen molar-refractivity contribution in [1.82, 2.24) is 5.16 Å². The van der Waals surface area contributed by atoms with Crippen molar-refractivity contribution in [3.05, 3.63) is 59.2 Å². The lowest BCUT2D eigenvalue weighted by molar-refractivity contribution is -0.121. The Morgan fingerprint density at radius 2 is 1.83 bits per heavy atom. The Morgan fingerprint density at radius 3 is 2.61 bits per heavy atom. The maximum atomic E-state index is 12.7. The number of para-hydroxylation sites is 1. The van der Waals surface area contributed by atoms with Gasteiger partial charge in [-0.25, -0.2) is 4.90 Å². The van der Waals surface area contributed by atoms with E-state index in [9.17, 15) is 9.59 Å². The molecule has 1 aromatic heterocycles. The molecule has 0 bridgehead atoms. The van der Waals surface area contributed by atoms with Crippen LogP contribution in [0.2, 0.25) is 5.02 Å². The number of anilines is 1. The van der Waals surface area contributed by atoms with Gasteiger partial charge in [0.15, 0.2) is 5.58 Å². The Bertz CT molecular complexity index is 917. The van der Waals surface area contributed by atoms with Crippen LogP contribution in [0.15, 0.2) is 53.1 Å². The SMILES string of the molecule is O=C1CC(c2noc3ccccc23)C(=O)N1c1ccc(Cl)cc1. The highest BCUT2D eigenvalue weighted by Crippen LogP contribution is 2.36. The summed E-state index contributed by atoms with van der Waals surface area (Å²) in [4.78, 5) is 26.2. The fourth-order valence-corrected chi connectivity index (χ4v) is 2.99. The number of imide groups is 1. The zero-order valence-electron chi connectivity index (χ0n) is 11.9. The van der Waals surface area contributed by atoms with E-state index in [-0.39, 0.29) is 18.2 Å². The van der Waals surface area contributed by atoms with Crippen LogP contribution >= 0.6 is 11.6 Å². The van der Waals surface area contributed by atoms with Gasteiger partial charge >= 0.3 is 0 Å². The van der Waals surface area contributed by atoms with Crippen molar-refractivity contribution < 1.29 is 14.1 Å². The van der Waals surface area contributed by atoms with Crippen LogP contribution in [0.5, 0.6) is 0 Å². The quantitative estimate of drug-likeness (QED) is 0.676. The third-order valence-corrected chi connectivity index (χ3v) is 4.22. The molecule has 6 heteroatoms. The van der Waals surface area contributed by atoms with E-state index in [4.69, 9.17) is 16.1 Å². The minimum absolute atomic E-state index is 0.0813. The number of fused-ring (bicyclic) bond motifs is 1. The molecule has 0 aliphatic carbocycles. The van der Waals surface area contributed by atoms with Crippen LogP contribution in [0.3, 0.4) is 0 Å². The first-order valence-electron chi connectivity index (χ1n) is 7.12. The normalized spacial score (nSPS) is 18.1. The molecule has 0 saturated carbocycles. The van der Waals surface area contributed by atoms with Gasteiger partial charge in [0.2, 0.25) is 11.8 Å². The summed E-state index contributed by atoms with van der Waals surface area (Å²) < 4.78 is 5.25. The number of rotatable bonds is 2. The van der Waals surface area contributed by atoms with E-state index >= 15 is 0 Å². The average Bonchev–Trinajstić information content (AvgIpc) is 3.10. The molecule has 2 aromatic carbocycles. The van der Waals surface area contributed by atoms with Gasteiger partial charge in [0.05, 0.1) is 11.6 Å². The van der Waals surface area contributed by atoms with Crippen molar-refractivity contribution in [3.63, 3.8) is 0 Å². The van der Waals surface area contributed by atoms with Crippen LogP contribution in [-0.2, 0) is 9.59 Å². The van der Waals surface area contributed by atoms with Crippen molar-refractivity contribution in [1.29, 1.82) is 0 Å². The highest BCUT2D eigenvalue weighted by Gasteiger charge is 2.42. The summed E-state index contributed by atoms with van der Waals surface area (Å²) in [5.74, 6) is -1.17. The summed E-state index contributed by atoms with van der Waals surface area (Å²) in [6, 6.07) is 13.9. The zero-order chi connectivity index (χ0) is 16.0. The third kappa shape index (κ3) is 2.21.